The van der Waals surface area contributed by atoms with Crippen LogP contribution in [-0.4, -0.2) is 24.6 Å². The van der Waals surface area contributed by atoms with Crippen LogP contribution in [0.3, 0.4) is 0 Å². The summed E-state index contributed by atoms with van der Waals surface area (Å²) < 4.78 is 10.8. The molecular formula is C23H29IN4O2. The molecule has 0 saturated carbocycles. The van der Waals surface area contributed by atoms with Crippen LogP contribution in [0.5, 0.6) is 0 Å². The average Bonchev–Trinajstić information content (AvgIpc) is 3.20. The van der Waals surface area contributed by atoms with Crippen LogP contribution in [0.15, 0.2) is 64.2 Å². The molecule has 0 radical (unpaired) electrons. The SMILES string of the molecule is CCNC(=NCc1cccc(COC)c1)NCc1coc(-c2ccc(C)cc2)n1.I. The second-order valence-electron chi connectivity index (χ2n) is 6.81. The van der Waals surface area contributed by atoms with E-state index in [1.165, 1.54) is 5.56 Å². The first-order chi connectivity index (χ1) is 14.2. The summed E-state index contributed by atoms with van der Waals surface area (Å²) in [5, 5.41) is 6.58. The molecule has 3 aromatic rings. The molecule has 6 nitrogen and oxygen atoms in total. The summed E-state index contributed by atoms with van der Waals surface area (Å²) in [6.45, 7) is 6.60. The Morgan fingerprint density at radius 2 is 1.87 bits per heavy atom. The lowest BCUT2D eigenvalue weighted by Gasteiger charge is -2.10. The zero-order chi connectivity index (χ0) is 20.5. The number of nitrogens with one attached hydrogen (secondary N) is 2. The van der Waals surface area contributed by atoms with Gasteiger partial charge >= 0.3 is 0 Å². The van der Waals surface area contributed by atoms with Gasteiger partial charge in [-0.25, -0.2) is 9.98 Å². The standard InChI is InChI=1S/C23H28N4O2.HI/c1-4-24-23(25-13-18-6-5-7-19(12-18)15-28-3)26-14-21-16-29-22(27-21)20-10-8-17(2)9-11-20;/h5-12,16H,4,13-15H2,1-3H3,(H2,24,25,26);1H. The number of ether oxygens (including phenoxy) is 1. The molecule has 0 saturated heterocycles. The molecule has 7 heteroatoms. The van der Waals surface area contributed by atoms with Gasteiger partial charge in [-0.15, -0.1) is 24.0 Å². The number of benzene rings is 2. The third kappa shape index (κ3) is 7.14. The predicted molar refractivity (Wildman–Crippen MR) is 131 cm³/mol. The molecule has 0 atom stereocenters. The van der Waals surface area contributed by atoms with E-state index in [4.69, 9.17) is 9.15 Å². The second-order valence-corrected chi connectivity index (χ2v) is 6.81. The third-order valence-corrected chi connectivity index (χ3v) is 4.35. The Morgan fingerprint density at radius 1 is 1.10 bits per heavy atom. The fourth-order valence-corrected chi connectivity index (χ4v) is 2.89. The summed E-state index contributed by atoms with van der Waals surface area (Å²) >= 11 is 0. The van der Waals surface area contributed by atoms with Gasteiger partial charge in [0.2, 0.25) is 5.89 Å². The van der Waals surface area contributed by atoms with Crippen molar-refractivity contribution in [2.24, 2.45) is 4.99 Å². The lowest BCUT2D eigenvalue weighted by Crippen LogP contribution is -2.36. The molecule has 0 aliphatic heterocycles. The number of nitrogens with zero attached hydrogens (tertiary/aromatic N) is 2. The fourth-order valence-electron chi connectivity index (χ4n) is 2.89. The van der Waals surface area contributed by atoms with Crippen LogP contribution in [-0.2, 0) is 24.4 Å². The van der Waals surface area contributed by atoms with E-state index in [0.717, 1.165) is 34.9 Å². The number of hydrogen-bond acceptors (Lipinski definition) is 4. The highest BCUT2D eigenvalue weighted by Crippen LogP contribution is 2.19. The molecule has 0 bridgehead atoms. The van der Waals surface area contributed by atoms with Crippen molar-refractivity contribution in [2.75, 3.05) is 13.7 Å². The molecule has 0 aliphatic rings. The van der Waals surface area contributed by atoms with Crippen LogP contribution in [0.4, 0.5) is 0 Å². The average molecular weight is 520 g/mol. The minimum atomic E-state index is 0. The number of methoxy groups -OCH3 is 1. The number of aromatic nitrogens is 1. The van der Waals surface area contributed by atoms with Gasteiger partial charge in [-0.2, -0.15) is 0 Å². The van der Waals surface area contributed by atoms with E-state index in [0.29, 0.717) is 25.6 Å². The van der Waals surface area contributed by atoms with Gasteiger partial charge in [0.05, 0.1) is 25.4 Å². The maximum atomic E-state index is 5.63. The summed E-state index contributed by atoms with van der Waals surface area (Å²) in [5.74, 6) is 1.36. The normalized spacial score (nSPS) is 11.1. The highest BCUT2D eigenvalue weighted by molar-refractivity contribution is 14.0. The quantitative estimate of drug-likeness (QED) is 0.257. The number of guanidine groups is 1. The Hall–Kier alpha value is -2.39. The first kappa shape index (κ1) is 23.9. The lowest BCUT2D eigenvalue weighted by molar-refractivity contribution is 0.185. The van der Waals surface area contributed by atoms with Crippen LogP contribution in [0.2, 0.25) is 0 Å². The number of hydrogen-bond donors (Lipinski definition) is 2. The fraction of sp³-hybridized carbons (Fsp3) is 0.304. The third-order valence-electron chi connectivity index (χ3n) is 4.35. The first-order valence-electron chi connectivity index (χ1n) is 9.78. The number of aryl methyl sites for hydroxylation is 1. The maximum Gasteiger partial charge on any atom is 0.226 e. The number of oxazole rings is 1. The minimum absolute atomic E-state index is 0. The highest BCUT2D eigenvalue weighted by atomic mass is 127. The van der Waals surface area contributed by atoms with Gasteiger partial charge in [-0.1, -0.05) is 42.0 Å². The summed E-state index contributed by atoms with van der Waals surface area (Å²) in [6.07, 6.45) is 1.68. The molecule has 3 rings (SSSR count). The number of halogens is 1. The Kier molecular flexibility index (Phi) is 9.82. The molecule has 1 aromatic heterocycles. The van der Waals surface area contributed by atoms with Gasteiger partial charge in [0.25, 0.3) is 0 Å². The summed E-state index contributed by atoms with van der Waals surface area (Å²) in [7, 11) is 1.70. The van der Waals surface area contributed by atoms with Crippen LogP contribution in [0.25, 0.3) is 11.5 Å². The van der Waals surface area contributed by atoms with Crippen LogP contribution in [0, 0.1) is 6.92 Å². The van der Waals surface area contributed by atoms with Gasteiger partial charge in [0.15, 0.2) is 5.96 Å². The Morgan fingerprint density at radius 3 is 2.60 bits per heavy atom. The van der Waals surface area contributed by atoms with E-state index < -0.39 is 0 Å². The Labute approximate surface area is 195 Å². The molecular weight excluding hydrogens is 491 g/mol. The number of aliphatic imine (C=N–C) groups is 1. The minimum Gasteiger partial charge on any atom is -0.444 e. The second kappa shape index (κ2) is 12.3. The van der Waals surface area contributed by atoms with Gasteiger partial charge in [0.1, 0.15) is 6.26 Å². The monoisotopic (exact) mass is 520 g/mol. The Balaban J connectivity index is 0.00000320. The van der Waals surface area contributed by atoms with E-state index in [9.17, 15) is 0 Å². The molecule has 0 spiro atoms. The predicted octanol–water partition coefficient (Wildman–Crippen LogP) is 4.67. The molecule has 0 aliphatic carbocycles. The molecule has 30 heavy (non-hydrogen) atoms. The van der Waals surface area contributed by atoms with E-state index >= 15 is 0 Å². The molecule has 2 N–H and O–H groups in total. The van der Waals surface area contributed by atoms with Crippen molar-refractivity contribution in [3.8, 4) is 11.5 Å². The molecule has 2 aromatic carbocycles. The van der Waals surface area contributed by atoms with Crippen molar-refractivity contribution in [1.29, 1.82) is 0 Å². The van der Waals surface area contributed by atoms with Crippen molar-refractivity contribution in [3.05, 3.63) is 77.2 Å². The summed E-state index contributed by atoms with van der Waals surface area (Å²) in [5.41, 5.74) is 5.29. The van der Waals surface area contributed by atoms with Gasteiger partial charge < -0.3 is 19.8 Å². The van der Waals surface area contributed by atoms with Crippen molar-refractivity contribution >= 4 is 29.9 Å². The van der Waals surface area contributed by atoms with Crippen LogP contribution in [0.1, 0.15) is 29.3 Å². The summed E-state index contributed by atoms with van der Waals surface area (Å²) in [6, 6.07) is 16.4. The van der Waals surface area contributed by atoms with Crippen molar-refractivity contribution in [3.63, 3.8) is 0 Å². The summed E-state index contributed by atoms with van der Waals surface area (Å²) in [4.78, 5) is 9.24. The molecule has 160 valence electrons. The van der Waals surface area contributed by atoms with Crippen molar-refractivity contribution in [1.82, 2.24) is 15.6 Å². The van der Waals surface area contributed by atoms with Gasteiger partial charge in [-0.05, 0) is 37.1 Å². The first-order valence-corrected chi connectivity index (χ1v) is 9.78. The van der Waals surface area contributed by atoms with Crippen LogP contribution < -0.4 is 10.6 Å². The number of rotatable bonds is 8. The lowest BCUT2D eigenvalue weighted by atomic mass is 10.1. The van der Waals surface area contributed by atoms with Crippen molar-refractivity contribution < 1.29 is 9.15 Å². The molecule has 0 amide bonds. The maximum absolute atomic E-state index is 5.63. The van der Waals surface area contributed by atoms with E-state index in [1.54, 1.807) is 13.4 Å². The molecule has 0 fully saturated rings. The molecule has 0 unspecified atom stereocenters. The highest BCUT2D eigenvalue weighted by Gasteiger charge is 2.07. The Bertz CT molecular complexity index is 938. The smallest absolute Gasteiger partial charge is 0.226 e. The van der Waals surface area contributed by atoms with E-state index in [1.807, 2.05) is 25.1 Å². The van der Waals surface area contributed by atoms with Gasteiger partial charge in [-0.3, -0.25) is 0 Å². The van der Waals surface area contributed by atoms with E-state index in [-0.39, 0.29) is 24.0 Å². The zero-order valence-corrected chi connectivity index (χ0v) is 20.0. The van der Waals surface area contributed by atoms with Gasteiger partial charge in [0, 0.05) is 19.2 Å². The topological polar surface area (TPSA) is 71.7 Å². The zero-order valence-electron chi connectivity index (χ0n) is 17.6. The molecule has 1 heterocycles. The van der Waals surface area contributed by atoms with Crippen LogP contribution >= 0.6 is 24.0 Å². The van der Waals surface area contributed by atoms with Crippen molar-refractivity contribution in [2.45, 2.75) is 33.5 Å². The van der Waals surface area contributed by atoms with E-state index in [2.05, 4.69) is 57.9 Å². The largest absolute Gasteiger partial charge is 0.444 e.